The summed E-state index contributed by atoms with van der Waals surface area (Å²) in [7, 11) is -3.37. The zero-order valence-electron chi connectivity index (χ0n) is 19.4. The molecule has 35 heavy (non-hydrogen) atoms. The lowest BCUT2D eigenvalue weighted by Gasteiger charge is -2.30. The van der Waals surface area contributed by atoms with Crippen molar-refractivity contribution in [1.29, 1.82) is 5.26 Å². The summed E-state index contributed by atoms with van der Waals surface area (Å²) < 4.78 is 35.1. The van der Waals surface area contributed by atoms with Crippen LogP contribution in [0.2, 0.25) is 0 Å². The average molecular weight is 487 g/mol. The van der Waals surface area contributed by atoms with Crippen molar-refractivity contribution in [1.82, 2.24) is 9.55 Å². The van der Waals surface area contributed by atoms with E-state index >= 15 is 0 Å². The highest BCUT2D eigenvalue weighted by Gasteiger charge is 2.28. The molecule has 1 aliphatic carbocycles. The van der Waals surface area contributed by atoms with Gasteiger partial charge in [0.2, 0.25) is 15.9 Å². The van der Waals surface area contributed by atoms with E-state index in [1.165, 1.54) is 0 Å². The van der Waals surface area contributed by atoms with Crippen molar-refractivity contribution in [2.24, 2.45) is 0 Å². The number of nitriles is 1. The Morgan fingerprint density at radius 3 is 2.57 bits per heavy atom. The Labute approximate surface area is 205 Å². The maximum atomic E-state index is 12.2. The molecule has 1 N–H and O–H groups in total. The summed E-state index contributed by atoms with van der Waals surface area (Å²) in [5.41, 5.74) is 3.80. The summed E-state index contributed by atoms with van der Waals surface area (Å²) in [5.74, 6) is 1.18. The number of hydrogen-bond donors (Lipinski definition) is 1. The first-order valence-corrected chi connectivity index (χ1v) is 13.4. The first-order valence-electron chi connectivity index (χ1n) is 11.8. The number of sulfonamides is 1. The van der Waals surface area contributed by atoms with Crippen LogP contribution in [-0.2, 0) is 10.0 Å². The smallest absolute Gasteiger partial charge is 0.232 e. The molecule has 0 saturated heterocycles. The molecule has 4 aromatic rings. The first-order chi connectivity index (χ1) is 17.0. The summed E-state index contributed by atoms with van der Waals surface area (Å²) in [4.78, 5) is 4.22. The van der Waals surface area contributed by atoms with Crippen molar-refractivity contribution >= 4 is 26.6 Å². The molecule has 0 bridgehead atoms. The Hall–Kier alpha value is -3.83. The van der Waals surface area contributed by atoms with E-state index in [1.54, 1.807) is 24.4 Å². The van der Waals surface area contributed by atoms with E-state index in [-0.39, 0.29) is 5.75 Å². The Kier molecular flexibility index (Phi) is 6.18. The van der Waals surface area contributed by atoms with E-state index in [4.69, 9.17) is 4.74 Å². The Bertz CT molecular complexity index is 1500. The number of fused-ring (bicyclic) bond motifs is 1. The van der Waals surface area contributed by atoms with Crippen molar-refractivity contribution in [3.8, 4) is 29.0 Å². The van der Waals surface area contributed by atoms with Crippen molar-refractivity contribution in [2.75, 3.05) is 10.5 Å². The Morgan fingerprint density at radius 1 is 1.14 bits per heavy atom. The van der Waals surface area contributed by atoms with Crippen LogP contribution in [0.5, 0.6) is 11.6 Å². The number of aromatic nitrogens is 2. The highest BCUT2D eigenvalue weighted by Crippen LogP contribution is 2.43. The van der Waals surface area contributed by atoms with E-state index in [9.17, 15) is 13.7 Å². The predicted molar refractivity (Wildman–Crippen MR) is 137 cm³/mol. The van der Waals surface area contributed by atoms with Crippen LogP contribution in [0.1, 0.15) is 44.2 Å². The quantitative estimate of drug-likeness (QED) is 0.318. The topological polar surface area (TPSA) is 97.0 Å². The summed E-state index contributed by atoms with van der Waals surface area (Å²) in [6, 6.07) is 21.3. The maximum Gasteiger partial charge on any atom is 0.232 e. The molecule has 0 spiro atoms. The van der Waals surface area contributed by atoms with Crippen LogP contribution in [0.15, 0.2) is 66.9 Å². The van der Waals surface area contributed by atoms with Crippen molar-refractivity contribution in [2.45, 2.75) is 38.6 Å². The van der Waals surface area contributed by atoms with E-state index in [1.807, 2.05) is 49.4 Å². The third kappa shape index (κ3) is 4.60. The third-order valence-corrected chi connectivity index (χ3v) is 7.78. The Morgan fingerprint density at radius 2 is 1.94 bits per heavy atom. The molecule has 7 nitrogen and oxygen atoms in total. The molecular formula is C27H26N4O3S. The summed E-state index contributed by atoms with van der Waals surface area (Å²) >= 11 is 0. The van der Waals surface area contributed by atoms with Crippen LogP contribution in [0, 0.1) is 11.3 Å². The van der Waals surface area contributed by atoms with Crippen LogP contribution in [0.4, 0.5) is 5.69 Å². The van der Waals surface area contributed by atoms with Gasteiger partial charge in [0, 0.05) is 29.4 Å². The molecule has 0 aliphatic heterocycles. The largest absolute Gasteiger partial charge is 0.439 e. The highest BCUT2D eigenvalue weighted by atomic mass is 32.2. The van der Waals surface area contributed by atoms with E-state index in [0.29, 0.717) is 35.3 Å². The molecule has 8 heteroatoms. The van der Waals surface area contributed by atoms with Gasteiger partial charge in [-0.15, -0.1) is 0 Å². The number of nitrogens with one attached hydrogen (secondary N) is 1. The zero-order valence-corrected chi connectivity index (χ0v) is 20.3. The molecule has 0 atom stereocenters. The van der Waals surface area contributed by atoms with Crippen LogP contribution in [0.3, 0.4) is 0 Å². The number of benzene rings is 2. The molecule has 1 saturated carbocycles. The van der Waals surface area contributed by atoms with Crippen LogP contribution < -0.4 is 9.46 Å². The van der Waals surface area contributed by atoms with E-state index in [2.05, 4.69) is 20.3 Å². The maximum absolute atomic E-state index is 12.2. The Balaban J connectivity index is 1.58. The van der Waals surface area contributed by atoms with Gasteiger partial charge in [0.05, 0.1) is 22.5 Å². The van der Waals surface area contributed by atoms with E-state index in [0.717, 1.165) is 41.4 Å². The average Bonchev–Trinajstić information content (AvgIpc) is 3.12. The molecular weight excluding hydrogens is 460 g/mol. The van der Waals surface area contributed by atoms with Gasteiger partial charge in [-0.3, -0.25) is 4.72 Å². The number of pyridine rings is 1. The fourth-order valence-electron chi connectivity index (χ4n) is 4.50. The fourth-order valence-corrected chi connectivity index (χ4v) is 5.64. The number of hydrogen-bond acceptors (Lipinski definition) is 5. The minimum absolute atomic E-state index is 0.0756. The fraction of sp³-hybridized carbons (Fsp3) is 0.259. The van der Waals surface area contributed by atoms with Gasteiger partial charge in [-0.05, 0) is 67.6 Å². The molecule has 0 amide bonds. The van der Waals surface area contributed by atoms with Crippen molar-refractivity contribution in [3.05, 3.63) is 72.4 Å². The van der Waals surface area contributed by atoms with Crippen LogP contribution in [-0.4, -0.2) is 23.7 Å². The lowest BCUT2D eigenvalue weighted by molar-refractivity contribution is 0.324. The van der Waals surface area contributed by atoms with Gasteiger partial charge < -0.3 is 9.30 Å². The van der Waals surface area contributed by atoms with Crippen LogP contribution >= 0.6 is 0 Å². The molecule has 1 aliphatic rings. The third-order valence-electron chi connectivity index (χ3n) is 6.29. The lowest BCUT2D eigenvalue weighted by Crippen LogP contribution is -2.18. The van der Waals surface area contributed by atoms with Gasteiger partial charge in [0.15, 0.2) is 0 Å². The summed E-state index contributed by atoms with van der Waals surface area (Å²) in [5, 5.41) is 11.0. The number of rotatable bonds is 8. The monoisotopic (exact) mass is 486 g/mol. The van der Waals surface area contributed by atoms with Gasteiger partial charge in [-0.25, -0.2) is 13.4 Å². The first kappa shape index (κ1) is 22.9. The summed E-state index contributed by atoms with van der Waals surface area (Å²) in [6.45, 7) is 1.83. The normalized spacial score (nSPS) is 13.8. The van der Waals surface area contributed by atoms with Gasteiger partial charge in [0.1, 0.15) is 11.8 Å². The molecule has 2 aromatic heterocycles. The molecule has 1 fully saturated rings. The van der Waals surface area contributed by atoms with Crippen molar-refractivity contribution < 1.29 is 13.2 Å². The van der Waals surface area contributed by atoms with Gasteiger partial charge in [-0.1, -0.05) is 25.1 Å². The molecule has 0 radical (unpaired) electrons. The molecule has 178 valence electrons. The minimum atomic E-state index is -3.37. The molecule has 2 aromatic carbocycles. The highest BCUT2D eigenvalue weighted by molar-refractivity contribution is 7.92. The molecule has 2 heterocycles. The minimum Gasteiger partial charge on any atom is -0.439 e. The lowest BCUT2D eigenvalue weighted by atomic mass is 9.92. The number of ether oxygens (including phenoxy) is 1. The SMILES string of the molecule is CCCS(=O)(=O)Nc1ccc(-c2c(C#N)c3cc(Oc4ccccn4)ccc3n2C2CCC2)cc1. The predicted octanol–water partition coefficient (Wildman–Crippen LogP) is 6.24. The standard InChI is InChI=1S/C27H26N4O3S/c1-2-16-35(32,33)30-20-11-9-19(10-12-20)27-24(18-28)23-17-22(34-26-8-3-4-15-29-26)13-14-25(23)31(27)21-6-5-7-21/h3-4,8-15,17,21,30H,2,5-7,16H2,1H3. The van der Waals surface area contributed by atoms with Gasteiger partial charge in [0.25, 0.3) is 0 Å². The number of anilines is 1. The van der Waals surface area contributed by atoms with Crippen molar-refractivity contribution in [3.63, 3.8) is 0 Å². The van der Waals surface area contributed by atoms with Gasteiger partial charge in [-0.2, -0.15) is 5.26 Å². The summed E-state index contributed by atoms with van der Waals surface area (Å²) in [6.07, 6.45) is 5.49. The molecule has 0 unspecified atom stereocenters. The van der Waals surface area contributed by atoms with E-state index < -0.39 is 10.0 Å². The zero-order chi connectivity index (χ0) is 24.4. The van der Waals surface area contributed by atoms with Crippen LogP contribution in [0.25, 0.3) is 22.2 Å². The van der Waals surface area contributed by atoms with Gasteiger partial charge >= 0.3 is 0 Å². The molecule has 5 rings (SSSR count). The second-order valence-electron chi connectivity index (χ2n) is 8.74. The second-order valence-corrected chi connectivity index (χ2v) is 10.6. The second kappa shape index (κ2) is 9.43. The number of nitrogens with zero attached hydrogens (tertiary/aromatic N) is 3.